The van der Waals surface area contributed by atoms with E-state index < -0.39 is 30.3 Å². The lowest BCUT2D eigenvalue weighted by Gasteiger charge is -2.29. The second kappa shape index (κ2) is 8.71. The van der Waals surface area contributed by atoms with Gasteiger partial charge in [0, 0.05) is 41.3 Å². The van der Waals surface area contributed by atoms with Crippen LogP contribution in [0.2, 0.25) is 0 Å². The van der Waals surface area contributed by atoms with Gasteiger partial charge in [-0.3, -0.25) is 9.89 Å². The van der Waals surface area contributed by atoms with Crippen molar-refractivity contribution in [2.24, 2.45) is 4.99 Å². The molecule has 6 nitrogen and oxygen atoms in total. The van der Waals surface area contributed by atoms with Crippen LogP contribution in [0.1, 0.15) is 23.0 Å². The Kier molecular flexibility index (Phi) is 6.18. The molecular weight excluding hydrogens is 497 g/mol. The number of methoxy groups -OCH3 is 1. The van der Waals surface area contributed by atoms with Crippen LogP contribution in [0.4, 0.5) is 13.2 Å². The summed E-state index contributed by atoms with van der Waals surface area (Å²) in [6.45, 7) is -0.123. The predicted molar refractivity (Wildman–Crippen MR) is 114 cm³/mol. The summed E-state index contributed by atoms with van der Waals surface area (Å²) in [4.78, 5) is 23.3. The summed E-state index contributed by atoms with van der Waals surface area (Å²) in [7, 11) is 1.24. The molecule has 2 aromatic rings. The second-order valence-corrected chi connectivity index (χ2v) is 8.96. The van der Waals surface area contributed by atoms with Gasteiger partial charge < -0.3 is 10.1 Å². The summed E-state index contributed by atoms with van der Waals surface area (Å²) in [5, 5.41) is 5.47. The summed E-state index contributed by atoms with van der Waals surface area (Å²) >= 11 is 4.69. The summed E-state index contributed by atoms with van der Waals surface area (Å²) in [5.41, 5.74) is 1.14. The van der Waals surface area contributed by atoms with Crippen molar-refractivity contribution in [3.63, 3.8) is 0 Å². The number of esters is 1. The van der Waals surface area contributed by atoms with Crippen LogP contribution in [0.25, 0.3) is 0 Å². The number of rotatable bonds is 5. The van der Waals surface area contributed by atoms with E-state index >= 15 is 0 Å². The Morgan fingerprint density at radius 2 is 2.26 bits per heavy atom. The predicted octanol–water partition coefficient (Wildman–Crippen LogP) is 3.90. The third kappa shape index (κ3) is 4.68. The van der Waals surface area contributed by atoms with E-state index in [4.69, 9.17) is 4.74 Å². The fraction of sp³-hybridized carbons (Fsp3) is 0.350. The van der Waals surface area contributed by atoms with Crippen molar-refractivity contribution < 1.29 is 22.7 Å². The van der Waals surface area contributed by atoms with Gasteiger partial charge in [0.2, 0.25) is 0 Å². The number of carbonyl (C=O) groups is 1. The summed E-state index contributed by atoms with van der Waals surface area (Å²) in [5.74, 6) is -3.45. The lowest BCUT2D eigenvalue weighted by molar-refractivity contribution is -0.136. The number of nitrogens with one attached hydrogen (secondary N) is 1. The van der Waals surface area contributed by atoms with E-state index in [2.05, 4.69) is 31.2 Å². The highest BCUT2D eigenvalue weighted by atomic mass is 79.9. The minimum absolute atomic E-state index is 0.0831. The summed E-state index contributed by atoms with van der Waals surface area (Å²) in [6, 6.07) is 3.26. The highest BCUT2D eigenvalue weighted by Gasteiger charge is 2.40. The Bertz CT molecular complexity index is 1060. The van der Waals surface area contributed by atoms with Crippen LogP contribution in [-0.2, 0) is 9.53 Å². The van der Waals surface area contributed by atoms with Crippen molar-refractivity contribution in [3.05, 3.63) is 61.9 Å². The van der Waals surface area contributed by atoms with E-state index in [1.54, 1.807) is 16.5 Å². The average Bonchev–Trinajstić information content (AvgIpc) is 3.36. The molecule has 1 saturated heterocycles. The number of halogens is 4. The molecule has 0 amide bonds. The Labute approximate surface area is 189 Å². The average molecular weight is 515 g/mol. The van der Waals surface area contributed by atoms with E-state index in [1.165, 1.54) is 36.6 Å². The second-order valence-electron chi connectivity index (χ2n) is 7.21. The minimum Gasteiger partial charge on any atom is -0.466 e. The van der Waals surface area contributed by atoms with Gasteiger partial charge in [-0.15, -0.1) is 11.3 Å². The molecule has 0 radical (unpaired) electrons. The van der Waals surface area contributed by atoms with E-state index in [-0.39, 0.29) is 25.1 Å². The van der Waals surface area contributed by atoms with Gasteiger partial charge in [0.05, 0.1) is 19.2 Å². The quantitative estimate of drug-likeness (QED) is 0.613. The maximum Gasteiger partial charge on any atom is 0.338 e. The number of ether oxygens (including phenoxy) is 1. The highest BCUT2D eigenvalue weighted by molar-refractivity contribution is 9.10. The Morgan fingerprint density at radius 3 is 2.87 bits per heavy atom. The molecule has 1 atom stereocenters. The van der Waals surface area contributed by atoms with Gasteiger partial charge in [0.25, 0.3) is 5.92 Å². The van der Waals surface area contributed by atoms with Gasteiger partial charge in [-0.1, -0.05) is 22.0 Å². The maximum absolute atomic E-state index is 13.8. The summed E-state index contributed by atoms with van der Waals surface area (Å²) < 4.78 is 46.6. The number of aliphatic imine (C=N–C) groups is 1. The fourth-order valence-corrected chi connectivity index (χ4v) is 4.79. The number of carbonyl (C=O) groups excluding carboxylic acids is 1. The summed E-state index contributed by atoms with van der Waals surface area (Å²) in [6.07, 6.45) is 1.38. The molecule has 3 heterocycles. The smallest absolute Gasteiger partial charge is 0.338 e. The normalized spacial score (nSPS) is 21.1. The molecular formula is C20H18BrF3N4O2S. The van der Waals surface area contributed by atoms with E-state index in [9.17, 15) is 18.0 Å². The van der Waals surface area contributed by atoms with Crippen molar-refractivity contribution in [1.29, 1.82) is 0 Å². The van der Waals surface area contributed by atoms with Crippen LogP contribution in [0.3, 0.4) is 0 Å². The van der Waals surface area contributed by atoms with E-state index in [0.717, 1.165) is 0 Å². The molecule has 1 aromatic carbocycles. The number of aromatic nitrogens is 1. The first kappa shape index (κ1) is 22.0. The molecule has 31 heavy (non-hydrogen) atoms. The minimum atomic E-state index is -2.77. The standard InChI is InChI=1S/C20H18BrF3N4O2S/c1-30-19(29)15-14(9-28-6-4-20(23,24)10-28)26-17(18-25-5-7-31-18)27-16(15)12-3-2-11(22)8-13(12)21/h2-3,5,7-8,16H,4,6,9-10H2,1H3,(H,26,27)/t16-/m0/s1. The third-order valence-corrected chi connectivity index (χ3v) is 6.52. The van der Waals surface area contributed by atoms with Crippen molar-refractivity contribution in [2.75, 3.05) is 26.7 Å². The molecule has 11 heteroatoms. The zero-order chi connectivity index (χ0) is 22.2. The number of benzene rings is 1. The van der Waals surface area contributed by atoms with Gasteiger partial charge in [-0.05, 0) is 17.7 Å². The number of alkyl halides is 2. The number of thiazole rings is 1. The van der Waals surface area contributed by atoms with Crippen LogP contribution in [-0.4, -0.2) is 54.4 Å². The van der Waals surface area contributed by atoms with Crippen LogP contribution < -0.4 is 5.32 Å². The van der Waals surface area contributed by atoms with Crippen molar-refractivity contribution in [1.82, 2.24) is 15.2 Å². The Balaban J connectivity index is 1.81. The molecule has 0 bridgehead atoms. The van der Waals surface area contributed by atoms with Gasteiger partial charge in [0.1, 0.15) is 11.9 Å². The van der Waals surface area contributed by atoms with Crippen LogP contribution in [0.5, 0.6) is 0 Å². The molecule has 1 N–H and O–H groups in total. The van der Waals surface area contributed by atoms with Gasteiger partial charge in [-0.2, -0.15) is 0 Å². The van der Waals surface area contributed by atoms with Gasteiger partial charge in [-0.25, -0.2) is 22.9 Å². The number of nitrogens with zero attached hydrogens (tertiary/aromatic N) is 3. The first-order valence-electron chi connectivity index (χ1n) is 9.38. The van der Waals surface area contributed by atoms with Crippen molar-refractivity contribution in [2.45, 2.75) is 18.4 Å². The number of amidine groups is 1. The number of likely N-dealkylation sites (tertiary alicyclic amines) is 1. The fourth-order valence-electron chi connectivity index (χ4n) is 3.63. The Morgan fingerprint density at radius 1 is 1.45 bits per heavy atom. The molecule has 2 aliphatic rings. The first-order chi connectivity index (χ1) is 14.8. The third-order valence-electron chi connectivity index (χ3n) is 5.05. The number of hydrogen-bond donors (Lipinski definition) is 1. The number of hydrogen-bond acceptors (Lipinski definition) is 7. The van der Waals surface area contributed by atoms with Crippen molar-refractivity contribution in [3.8, 4) is 0 Å². The topological polar surface area (TPSA) is 66.8 Å². The van der Waals surface area contributed by atoms with Crippen LogP contribution >= 0.6 is 27.3 Å². The highest BCUT2D eigenvalue weighted by Crippen LogP contribution is 2.37. The lowest BCUT2D eigenvalue weighted by Crippen LogP contribution is -2.39. The van der Waals surface area contributed by atoms with Crippen LogP contribution in [0, 0.1) is 5.82 Å². The molecule has 0 aliphatic carbocycles. The molecule has 0 spiro atoms. The molecule has 0 saturated carbocycles. The molecule has 2 aliphatic heterocycles. The first-order valence-corrected chi connectivity index (χ1v) is 11.1. The van der Waals surface area contributed by atoms with Crippen molar-refractivity contribution >= 4 is 39.1 Å². The molecule has 1 fully saturated rings. The maximum atomic E-state index is 13.8. The van der Waals surface area contributed by atoms with Gasteiger partial charge in [0.15, 0.2) is 10.8 Å². The largest absolute Gasteiger partial charge is 0.466 e. The monoisotopic (exact) mass is 514 g/mol. The zero-order valence-corrected chi connectivity index (χ0v) is 18.8. The zero-order valence-electron chi connectivity index (χ0n) is 16.4. The van der Waals surface area contributed by atoms with Crippen LogP contribution in [0.15, 0.2) is 50.5 Å². The van der Waals surface area contributed by atoms with Gasteiger partial charge >= 0.3 is 5.97 Å². The SMILES string of the molecule is COC(=O)C1=C(CN2CCC(F)(F)C2)NC(c2nccs2)=N[C@H]1c1ccc(F)cc1Br. The molecule has 1 aromatic heterocycles. The van der Waals surface area contributed by atoms with E-state index in [1.807, 2.05) is 0 Å². The molecule has 4 rings (SSSR count). The lowest BCUT2D eigenvalue weighted by atomic mass is 9.95. The van der Waals surface area contributed by atoms with E-state index in [0.29, 0.717) is 26.6 Å². The molecule has 0 unspecified atom stereocenters. The Hall–Kier alpha value is -2.24. The molecule has 164 valence electrons.